The van der Waals surface area contributed by atoms with E-state index in [0.29, 0.717) is 5.25 Å². The van der Waals surface area contributed by atoms with E-state index in [1.807, 2.05) is 0 Å². The maximum absolute atomic E-state index is 5.47. The molecule has 0 radical (unpaired) electrons. The zero-order valence-electron chi connectivity index (χ0n) is 14.0. The summed E-state index contributed by atoms with van der Waals surface area (Å²) in [4.78, 5) is 2.26. The van der Waals surface area contributed by atoms with E-state index >= 15 is 0 Å². The van der Waals surface area contributed by atoms with E-state index in [0.717, 1.165) is 49.5 Å². The highest BCUT2D eigenvalue weighted by Gasteiger charge is 2.22. The number of hydrogen-bond donors (Lipinski definition) is 0. The standard InChI is InChI=1S/C17H24N4OS/c1-4-14(3)23-17-19-18-16(20-8-10-22-11-9-20)21(17)15-7-5-6-13(2)12-15/h5-7,12,14H,4,8-11H2,1-3H3. The lowest BCUT2D eigenvalue weighted by Crippen LogP contribution is -2.37. The first kappa shape index (κ1) is 16.3. The second-order valence-electron chi connectivity index (χ2n) is 5.89. The molecule has 1 aromatic carbocycles. The Kier molecular flexibility index (Phi) is 5.23. The van der Waals surface area contributed by atoms with E-state index in [-0.39, 0.29) is 0 Å². The van der Waals surface area contributed by atoms with Gasteiger partial charge in [0, 0.05) is 18.3 Å². The highest BCUT2D eigenvalue weighted by Crippen LogP contribution is 2.30. The van der Waals surface area contributed by atoms with E-state index in [9.17, 15) is 0 Å². The van der Waals surface area contributed by atoms with Crippen molar-refractivity contribution in [3.8, 4) is 5.69 Å². The van der Waals surface area contributed by atoms with Crippen LogP contribution in [0.25, 0.3) is 5.69 Å². The first-order chi connectivity index (χ1) is 11.2. The van der Waals surface area contributed by atoms with Crippen LogP contribution in [0.5, 0.6) is 0 Å². The second-order valence-corrected chi connectivity index (χ2v) is 7.30. The quantitative estimate of drug-likeness (QED) is 0.786. The predicted molar refractivity (Wildman–Crippen MR) is 94.7 cm³/mol. The van der Waals surface area contributed by atoms with E-state index in [2.05, 4.69) is 64.7 Å². The first-order valence-corrected chi connectivity index (χ1v) is 9.08. The van der Waals surface area contributed by atoms with Gasteiger partial charge >= 0.3 is 0 Å². The smallest absolute Gasteiger partial charge is 0.232 e. The van der Waals surface area contributed by atoms with Crippen molar-refractivity contribution < 1.29 is 4.74 Å². The molecule has 2 heterocycles. The maximum Gasteiger partial charge on any atom is 0.232 e. The Balaban J connectivity index is 2.02. The first-order valence-electron chi connectivity index (χ1n) is 8.21. The number of hydrogen-bond acceptors (Lipinski definition) is 5. The van der Waals surface area contributed by atoms with Crippen molar-refractivity contribution in [1.82, 2.24) is 14.8 Å². The third kappa shape index (κ3) is 3.70. The fourth-order valence-electron chi connectivity index (χ4n) is 2.56. The van der Waals surface area contributed by atoms with Crippen LogP contribution in [-0.2, 0) is 4.74 Å². The lowest BCUT2D eigenvalue weighted by molar-refractivity contribution is 0.122. The van der Waals surface area contributed by atoms with E-state index in [4.69, 9.17) is 4.74 Å². The Bertz CT molecular complexity index is 652. The van der Waals surface area contributed by atoms with Crippen LogP contribution in [-0.4, -0.2) is 46.3 Å². The molecule has 6 heteroatoms. The number of rotatable bonds is 5. The molecule has 1 aromatic heterocycles. The molecular weight excluding hydrogens is 308 g/mol. The summed E-state index contributed by atoms with van der Waals surface area (Å²) in [5.74, 6) is 0.921. The van der Waals surface area contributed by atoms with Crippen LogP contribution in [0.1, 0.15) is 25.8 Å². The van der Waals surface area contributed by atoms with Crippen molar-refractivity contribution in [3.63, 3.8) is 0 Å². The Labute approximate surface area is 142 Å². The van der Waals surface area contributed by atoms with Crippen LogP contribution in [0.3, 0.4) is 0 Å². The van der Waals surface area contributed by atoms with Crippen molar-refractivity contribution in [2.24, 2.45) is 0 Å². The van der Waals surface area contributed by atoms with Gasteiger partial charge in [-0.05, 0) is 31.0 Å². The largest absolute Gasteiger partial charge is 0.378 e. The molecule has 0 saturated carbocycles. The van der Waals surface area contributed by atoms with Gasteiger partial charge in [-0.15, -0.1) is 10.2 Å². The number of anilines is 1. The van der Waals surface area contributed by atoms with Crippen LogP contribution >= 0.6 is 11.8 Å². The minimum atomic E-state index is 0.514. The van der Waals surface area contributed by atoms with Crippen molar-refractivity contribution in [1.29, 1.82) is 0 Å². The van der Waals surface area contributed by atoms with Crippen molar-refractivity contribution in [2.45, 2.75) is 37.6 Å². The Morgan fingerprint density at radius 3 is 2.74 bits per heavy atom. The number of benzene rings is 1. The topological polar surface area (TPSA) is 43.2 Å². The van der Waals surface area contributed by atoms with Gasteiger partial charge < -0.3 is 9.64 Å². The molecule has 3 rings (SSSR count). The number of aryl methyl sites for hydroxylation is 1. The predicted octanol–water partition coefficient (Wildman–Crippen LogP) is 3.30. The molecule has 23 heavy (non-hydrogen) atoms. The molecule has 1 unspecified atom stereocenters. The summed E-state index contributed by atoms with van der Waals surface area (Å²) in [5.41, 5.74) is 2.37. The molecule has 0 aliphatic carbocycles. The highest BCUT2D eigenvalue weighted by atomic mass is 32.2. The van der Waals surface area contributed by atoms with Gasteiger partial charge in [0.1, 0.15) is 0 Å². The lowest BCUT2D eigenvalue weighted by Gasteiger charge is -2.28. The minimum Gasteiger partial charge on any atom is -0.378 e. The molecule has 0 amide bonds. The fourth-order valence-corrected chi connectivity index (χ4v) is 3.47. The summed E-state index contributed by atoms with van der Waals surface area (Å²) in [6.45, 7) is 9.75. The molecule has 124 valence electrons. The van der Waals surface area contributed by atoms with Crippen molar-refractivity contribution >= 4 is 17.7 Å². The molecule has 0 spiro atoms. The van der Waals surface area contributed by atoms with Gasteiger partial charge in [-0.3, -0.25) is 4.57 Å². The zero-order valence-corrected chi connectivity index (χ0v) is 14.8. The molecule has 1 aliphatic rings. The fraction of sp³-hybridized carbons (Fsp3) is 0.529. The Morgan fingerprint density at radius 2 is 2.04 bits per heavy atom. The summed E-state index contributed by atoms with van der Waals surface area (Å²) < 4.78 is 7.66. The third-order valence-corrected chi connectivity index (χ3v) is 5.26. The zero-order chi connectivity index (χ0) is 16.2. The van der Waals surface area contributed by atoms with Crippen molar-refractivity contribution in [3.05, 3.63) is 29.8 Å². The molecule has 2 aromatic rings. The molecule has 1 aliphatic heterocycles. The van der Waals surface area contributed by atoms with Gasteiger partial charge in [0.15, 0.2) is 5.16 Å². The maximum atomic E-state index is 5.47. The van der Waals surface area contributed by atoms with Crippen LogP contribution in [0.15, 0.2) is 29.4 Å². The Hall–Kier alpha value is -1.53. The second kappa shape index (κ2) is 7.36. The SMILES string of the molecule is CCC(C)Sc1nnc(N2CCOCC2)n1-c1cccc(C)c1. The number of nitrogens with zero attached hydrogens (tertiary/aromatic N) is 4. The summed E-state index contributed by atoms with van der Waals surface area (Å²) >= 11 is 1.79. The van der Waals surface area contributed by atoms with Gasteiger partial charge in [0.05, 0.1) is 18.9 Å². The molecule has 1 saturated heterocycles. The molecular formula is C17H24N4OS. The Morgan fingerprint density at radius 1 is 1.26 bits per heavy atom. The number of morpholine rings is 1. The van der Waals surface area contributed by atoms with Crippen LogP contribution < -0.4 is 4.90 Å². The van der Waals surface area contributed by atoms with E-state index in [1.54, 1.807) is 11.8 Å². The summed E-state index contributed by atoms with van der Waals surface area (Å²) in [6, 6.07) is 8.52. The van der Waals surface area contributed by atoms with Gasteiger partial charge in [0.2, 0.25) is 5.95 Å². The molecule has 5 nitrogen and oxygen atoms in total. The monoisotopic (exact) mass is 332 g/mol. The van der Waals surface area contributed by atoms with Crippen molar-refractivity contribution in [2.75, 3.05) is 31.2 Å². The summed E-state index contributed by atoms with van der Waals surface area (Å²) in [7, 11) is 0. The normalized spacial score (nSPS) is 16.6. The summed E-state index contributed by atoms with van der Waals surface area (Å²) in [5, 5.41) is 10.5. The van der Waals surface area contributed by atoms with Gasteiger partial charge in [-0.25, -0.2) is 0 Å². The number of ether oxygens (including phenoxy) is 1. The molecule has 0 N–H and O–H groups in total. The summed E-state index contributed by atoms with van der Waals surface area (Å²) in [6.07, 6.45) is 1.11. The highest BCUT2D eigenvalue weighted by molar-refractivity contribution is 7.99. The molecule has 0 bridgehead atoms. The average molecular weight is 332 g/mol. The van der Waals surface area contributed by atoms with Gasteiger partial charge in [-0.1, -0.05) is 37.7 Å². The van der Waals surface area contributed by atoms with Crippen LogP contribution in [0.2, 0.25) is 0 Å². The number of aromatic nitrogens is 3. The third-order valence-electron chi connectivity index (χ3n) is 4.05. The van der Waals surface area contributed by atoms with E-state index < -0.39 is 0 Å². The average Bonchev–Trinajstić information content (AvgIpc) is 2.99. The van der Waals surface area contributed by atoms with Gasteiger partial charge in [0.25, 0.3) is 0 Å². The molecule has 1 fully saturated rings. The lowest BCUT2D eigenvalue weighted by atomic mass is 10.2. The minimum absolute atomic E-state index is 0.514. The van der Waals surface area contributed by atoms with E-state index in [1.165, 1.54) is 5.56 Å². The van der Waals surface area contributed by atoms with Crippen LogP contribution in [0.4, 0.5) is 5.95 Å². The number of thioether (sulfide) groups is 1. The van der Waals surface area contributed by atoms with Crippen LogP contribution in [0, 0.1) is 6.92 Å². The van der Waals surface area contributed by atoms with Gasteiger partial charge in [-0.2, -0.15) is 0 Å². The molecule has 1 atom stereocenters.